The number of H-pyrrole nitrogens is 2. The fourth-order valence-electron chi connectivity index (χ4n) is 4.47. The number of anilines is 1. The Morgan fingerprint density at radius 3 is 2.66 bits per heavy atom. The van der Waals surface area contributed by atoms with Crippen LogP contribution >= 0.6 is 0 Å². The van der Waals surface area contributed by atoms with E-state index in [1.807, 2.05) is 69.3 Å². The first kappa shape index (κ1) is 23.5. The zero-order valence-corrected chi connectivity index (χ0v) is 21.3. The van der Waals surface area contributed by atoms with Crippen LogP contribution in [0, 0.1) is 5.41 Å². The Kier molecular flexibility index (Phi) is 5.68. The number of carbonyl (C=O) groups is 1. The van der Waals surface area contributed by atoms with Gasteiger partial charge in [-0.3, -0.25) is 19.9 Å². The molecule has 0 unspecified atom stereocenters. The second-order valence-corrected chi connectivity index (χ2v) is 10.4. The van der Waals surface area contributed by atoms with Crippen LogP contribution < -0.4 is 5.32 Å². The lowest BCUT2D eigenvalue weighted by molar-refractivity contribution is -0.117. The van der Waals surface area contributed by atoms with Crippen molar-refractivity contribution in [1.29, 1.82) is 0 Å². The van der Waals surface area contributed by atoms with E-state index in [1.165, 1.54) is 0 Å². The molecule has 0 fully saturated rings. The molecule has 0 atom stereocenters. The van der Waals surface area contributed by atoms with Crippen LogP contribution in [0.4, 0.5) is 5.69 Å². The number of para-hydroxylation sites is 1. The molecule has 0 radical (unpaired) electrons. The molecule has 9 nitrogen and oxygen atoms in total. The molecule has 0 bridgehead atoms. The lowest BCUT2D eigenvalue weighted by atomic mass is 9.92. The summed E-state index contributed by atoms with van der Waals surface area (Å²) in [6, 6.07) is 15.7. The number of hydrogen-bond acceptors (Lipinski definition) is 6. The molecule has 0 aliphatic carbocycles. The zero-order valence-electron chi connectivity index (χ0n) is 21.3. The molecule has 6 aromatic rings. The SMILES string of the molecule is CC(C)(C)CC(=O)Nc1cncc(-c2cnc3[nH]nc(-c4nc5c(-c6ccccn6)cccc5[nH]4)c3c2)c1. The molecule has 9 heteroatoms. The number of aromatic nitrogens is 7. The van der Waals surface area contributed by atoms with Crippen LogP contribution in [0.2, 0.25) is 0 Å². The van der Waals surface area contributed by atoms with E-state index in [0.29, 0.717) is 29.3 Å². The molecule has 0 spiro atoms. The van der Waals surface area contributed by atoms with Gasteiger partial charge in [-0.15, -0.1) is 0 Å². The van der Waals surface area contributed by atoms with Crippen LogP contribution in [0.25, 0.3) is 56.0 Å². The molecular formula is C29H26N8O. The van der Waals surface area contributed by atoms with Gasteiger partial charge >= 0.3 is 0 Å². The lowest BCUT2D eigenvalue weighted by Crippen LogP contribution is -2.19. The monoisotopic (exact) mass is 502 g/mol. The van der Waals surface area contributed by atoms with Crippen molar-refractivity contribution in [2.24, 2.45) is 5.41 Å². The minimum Gasteiger partial charge on any atom is -0.337 e. The zero-order chi connectivity index (χ0) is 26.3. The van der Waals surface area contributed by atoms with Crippen molar-refractivity contribution in [3.8, 4) is 33.9 Å². The van der Waals surface area contributed by atoms with E-state index >= 15 is 0 Å². The fourth-order valence-corrected chi connectivity index (χ4v) is 4.47. The molecule has 5 heterocycles. The maximum atomic E-state index is 12.4. The summed E-state index contributed by atoms with van der Waals surface area (Å²) in [5, 5.41) is 11.3. The number of amides is 1. The van der Waals surface area contributed by atoms with Gasteiger partial charge in [-0.1, -0.05) is 39.0 Å². The van der Waals surface area contributed by atoms with Gasteiger partial charge in [0.1, 0.15) is 5.69 Å². The third-order valence-corrected chi connectivity index (χ3v) is 6.14. The number of nitrogens with one attached hydrogen (secondary N) is 3. The number of carbonyl (C=O) groups excluding carboxylic acids is 1. The Morgan fingerprint density at radius 2 is 1.84 bits per heavy atom. The van der Waals surface area contributed by atoms with Crippen LogP contribution in [-0.4, -0.2) is 41.0 Å². The van der Waals surface area contributed by atoms with Crippen molar-refractivity contribution in [3.05, 3.63) is 73.3 Å². The number of pyridine rings is 3. The summed E-state index contributed by atoms with van der Waals surface area (Å²) in [4.78, 5) is 34.1. The van der Waals surface area contributed by atoms with Gasteiger partial charge in [-0.05, 0) is 35.7 Å². The Hall–Kier alpha value is -4.92. The van der Waals surface area contributed by atoms with Crippen LogP contribution in [0.15, 0.2) is 73.3 Å². The second kappa shape index (κ2) is 9.19. The van der Waals surface area contributed by atoms with Crippen LogP contribution in [0.5, 0.6) is 0 Å². The van der Waals surface area contributed by atoms with Gasteiger partial charge in [0, 0.05) is 41.7 Å². The topological polar surface area (TPSA) is 125 Å². The van der Waals surface area contributed by atoms with Crippen molar-refractivity contribution in [1.82, 2.24) is 35.1 Å². The molecular weight excluding hydrogens is 476 g/mol. The minimum atomic E-state index is -0.100. The highest BCUT2D eigenvalue weighted by atomic mass is 16.1. The molecule has 6 rings (SSSR count). The average Bonchev–Trinajstić information content (AvgIpc) is 3.51. The van der Waals surface area contributed by atoms with E-state index in [1.54, 1.807) is 24.8 Å². The van der Waals surface area contributed by atoms with Gasteiger partial charge in [-0.2, -0.15) is 5.10 Å². The minimum absolute atomic E-state index is 0.0443. The highest BCUT2D eigenvalue weighted by molar-refractivity contribution is 5.97. The van der Waals surface area contributed by atoms with Gasteiger partial charge in [0.05, 0.1) is 34.0 Å². The van der Waals surface area contributed by atoms with Crippen molar-refractivity contribution in [2.45, 2.75) is 27.2 Å². The first-order valence-electron chi connectivity index (χ1n) is 12.3. The van der Waals surface area contributed by atoms with Crippen molar-refractivity contribution in [2.75, 3.05) is 5.32 Å². The van der Waals surface area contributed by atoms with E-state index in [-0.39, 0.29) is 11.3 Å². The summed E-state index contributed by atoms with van der Waals surface area (Å²) < 4.78 is 0. The Labute approximate surface area is 218 Å². The smallest absolute Gasteiger partial charge is 0.224 e. The van der Waals surface area contributed by atoms with E-state index in [0.717, 1.165) is 38.8 Å². The van der Waals surface area contributed by atoms with E-state index < -0.39 is 0 Å². The molecule has 0 aliphatic rings. The van der Waals surface area contributed by atoms with Gasteiger partial charge in [0.25, 0.3) is 0 Å². The number of imidazole rings is 1. The summed E-state index contributed by atoms with van der Waals surface area (Å²) in [7, 11) is 0. The Balaban J connectivity index is 1.36. The molecule has 1 aromatic carbocycles. The highest BCUT2D eigenvalue weighted by Gasteiger charge is 2.18. The average molecular weight is 503 g/mol. The van der Waals surface area contributed by atoms with Gasteiger partial charge < -0.3 is 10.3 Å². The van der Waals surface area contributed by atoms with E-state index in [2.05, 4.69) is 35.5 Å². The first-order valence-corrected chi connectivity index (χ1v) is 12.3. The predicted octanol–water partition coefficient (Wildman–Crippen LogP) is 6.00. The molecule has 1 amide bonds. The number of hydrogen-bond donors (Lipinski definition) is 3. The Morgan fingerprint density at radius 1 is 0.974 bits per heavy atom. The van der Waals surface area contributed by atoms with Crippen molar-refractivity contribution < 1.29 is 4.79 Å². The van der Waals surface area contributed by atoms with Crippen molar-refractivity contribution in [3.63, 3.8) is 0 Å². The number of fused-ring (bicyclic) bond motifs is 2. The maximum Gasteiger partial charge on any atom is 0.224 e. The summed E-state index contributed by atoms with van der Waals surface area (Å²) in [6.45, 7) is 6.10. The van der Waals surface area contributed by atoms with Gasteiger partial charge in [-0.25, -0.2) is 9.97 Å². The standard InChI is InChI=1S/C29H26N8O/c1-29(2,3)13-24(38)33-19-11-17(14-30-16-19)18-12-21-26(36-37-27(21)32-15-18)28-34-23-9-6-7-20(25(23)35-28)22-8-4-5-10-31-22/h4-12,14-16H,13H2,1-3H3,(H,33,38)(H,34,35)(H,32,36,37). The van der Waals surface area contributed by atoms with E-state index in [9.17, 15) is 4.79 Å². The van der Waals surface area contributed by atoms with Crippen LogP contribution in [-0.2, 0) is 4.79 Å². The number of benzene rings is 1. The lowest BCUT2D eigenvalue weighted by Gasteiger charge is -2.17. The molecule has 38 heavy (non-hydrogen) atoms. The van der Waals surface area contributed by atoms with E-state index in [4.69, 9.17) is 4.98 Å². The quantitative estimate of drug-likeness (QED) is 0.265. The third kappa shape index (κ3) is 4.61. The summed E-state index contributed by atoms with van der Waals surface area (Å²) >= 11 is 0. The highest BCUT2D eigenvalue weighted by Crippen LogP contribution is 2.32. The summed E-state index contributed by atoms with van der Waals surface area (Å²) in [5.74, 6) is 0.590. The first-order chi connectivity index (χ1) is 18.3. The fraction of sp³-hybridized carbons (Fsp3) is 0.172. The number of nitrogens with zero attached hydrogens (tertiary/aromatic N) is 5. The van der Waals surface area contributed by atoms with Crippen LogP contribution in [0.3, 0.4) is 0 Å². The van der Waals surface area contributed by atoms with Crippen molar-refractivity contribution >= 4 is 33.7 Å². The molecule has 0 saturated carbocycles. The van der Waals surface area contributed by atoms with Gasteiger partial charge in [0.2, 0.25) is 5.91 Å². The molecule has 188 valence electrons. The van der Waals surface area contributed by atoms with Gasteiger partial charge in [0.15, 0.2) is 11.5 Å². The second-order valence-electron chi connectivity index (χ2n) is 10.4. The number of rotatable bonds is 5. The number of aromatic amines is 2. The normalized spacial score (nSPS) is 11.8. The maximum absolute atomic E-state index is 12.4. The Bertz CT molecular complexity index is 1780. The summed E-state index contributed by atoms with van der Waals surface area (Å²) in [6.07, 6.45) is 7.35. The summed E-state index contributed by atoms with van der Waals surface area (Å²) in [5.41, 5.74) is 7.06. The van der Waals surface area contributed by atoms with Crippen LogP contribution in [0.1, 0.15) is 27.2 Å². The molecule has 3 N–H and O–H groups in total. The third-order valence-electron chi connectivity index (χ3n) is 6.14. The molecule has 0 saturated heterocycles. The molecule has 5 aromatic heterocycles. The largest absolute Gasteiger partial charge is 0.337 e. The molecule has 0 aliphatic heterocycles. The predicted molar refractivity (Wildman–Crippen MR) is 148 cm³/mol.